The molecule has 1 fully saturated rings. The fourth-order valence-corrected chi connectivity index (χ4v) is 4.76. The maximum absolute atomic E-state index is 12.9. The van der Waals surface area contributed by atoms with Crippen LogP contribution < -0.4 is 5.73 Å². The van der Waals surface area contributed by atoms with Crippen LogP contribution in [0.25, 0.3) is 0 Å². The van der Waals surface area contributed by atoms with Crippen molar-refractivity contribution in [1.82, 2.24) is 4.31 Å². The molecule has 1 aromatic rings. The Kier molecular flexibility index (Phi) is 4.70. The summed E-state index contributed by atoms with van der Waals surface area (Å²) in [6, 6.07) is 5.30. The van der Waals surface area contributed by atoms with Gasteiger partial charge in [-0.25, -0.2) is 8.42 Å². The molecular formula is C15H24N2O2S. The van der Waals surface area contributed by atoms with E-state index >= 15 is 0 Å². The van der Waals surface area contributed by atoms with Crippen LogP contribution in [0.15, 0.2) is 23.1 Å². The van der Waals surface area contributed by atoms with Crippen molar-refractivity contribution in [3.8, 4) is 0 Å². The number of nitrogens with two attached hydrogens (primary N) is 1. The Morgan fingerprint density at radius 2 is 2.10 bits per heavy atom. The van der Waals surface area contributed by atoms with Gasteiger partial charge >= 0.3 is 0 Å². The zero-order valence-electron chi connectivity index (χ0n) is 12.3. The molecule has 1 aromatic carbocycles. The van der Waals surface area contributed by atoms with Gasteiger partial charge in [0.2, 0.25) is 10.0 Å². The second-order valence-electron chi connectivity index (χ2n) is 5.60. The molecule has 0 saturated carbocycles. The topological polar surface area (TPSA) is 63.4 Å². The first-order valence-corrected chi connectivity index (χ1v) is 8.78. The first-order chi connectivity index (χ1) is 9.46. The molecule has 0 aliphatic carbocycles. The summed E-state index contributed by atoms with van der Waals surface area (Å²) in [5.74, 6) is 0. The van der Waals surface area contributed by atoms with E-state index in [-0.39, 0.29) is 10.9 Å². The molecule has 5 heteroatoms. The number of nitrogen functional groups attached to an aromatic ring is 1. The van der Waals surface area contributed by atoms with Gasteiger partial charge in [0.15, 0.2) is 0 Å². The van der Waals surface area contributed by atoms with Crippen LogP contribution in [0.3, 0.4) is 0 Å². The number of anilines is 1. The van der Waals surface area contributed by atoms with E-state index in [9.17, 15) is 8.42 Å². The number of hydrogen-bond donors (Lipinski definition) is 1. The molecule has 0 amide bonds. The Labute approximate surface area is 122 Å². The number of hydrogen-bond acceptors (Lipinski definition) is 3. The molecule has 112 valence electrons. The summed E-state index contributed by atoms with van der Waals surface area (Å²) >= 11 is 0. The molecule has 1 aliphatic heterocycles. The van der Waals surface area contributed by atoms with Crippen LogP contribution in [0, 0.1) is 6.92 Å². The van der Waals surface area contributed by atoms with E-state index in [0.717, 1.165) is 37.7 Å². The van der Waals surface area contributed by atoms with Crippen molar-refractivity contribution in [2.75, 3.05) is 12.3 Å². The van der Waals surface area contributed by atoms with E-state index in [1.165, 1.54) is 0 Å². The molecule has 1 saturated heterocycles. The van der Waals surface area contributed by atoms with Gasteiger partial charge in [-0.3, -0.25) is 0 Å². The van der Waals surface area contributed by atoms with Crippen molar-refractivity contribution < 1.29 is 8.42 Å². The molecule has 20 heavy (non-hydrogen) atoms. The Hall–Kier alpha value is -1.07. The van der Waals surface area contributed by atoms with Crippen molar-refractivity contribution in [3.63, 3.8) is 0 Å². The summed E-state index contributed by atoms with van der Waals surface area (Å²) < 4.78 is 27.4. The van der Waals surface area contributed by atoms with Crippen LogP contribution in [-0.4, -0.2) is 25.3 Å². The molecule has 1 heterocycles. The molecule has 1 unspecified atom stereocenters. The quantitative estimate of drug-likeness (QED) is 0.869. The third-order valence-electron chi connectivity index (χ3n) is 3.95. The highest BCUT2D eigenvalue weighted by Crippen LogP contribution is 2.30. The first kappa shape index (κ1) is 15.3. The molecule has 1 aliphatic rings. The van der Waals surface area contributed by atoms with Crippen LogP contribution in [0.1, 0.15) is 44.6 Å². The summed E-state index contributed by atoms with van der Waals surface area (Å²) in [6.07, 6.45) is 4.93. The van der Waals surface area contributed by atoms with Crippen LogP contribution in [0.2, 0.25) is 0 Å². The Morgan fingerprint density at radius 3 is 2.75 bits per heavy atom. The molecule has 2 N–H and O–H groups in total. The minimum absolute atomic E-state index is 0.124. The van der Waals surface area contributed by atoms with E-state index in [2.05, 4.69) is 6.92 Å². The standard InChI is InChI=1S/C15H24N2O2S/c1-3-6-13-7-4-5-10-17(13)20(18,19)15-9-8-12(2)11-14(15)16/h8-9,11,13H,3-7,10,16H2,1-2H3. The number of piperidine rings is 1. The lowest BCUT2D eigenvalue weighted by atomic mass is 10.0. The van der Waals surface area contributed by atoms with Gasteiger partial charge in [-0.1, -0.05) is 25.8 Å². The maximum Gasteiger partial charge on any atom is 0.245 e. The fraction of sp³-hybridized carbons (Fsp3) is 0.600. The largest absolute Gasteiger partial charge is 0.398 e. The predicted molar refractivity (Wildman–Crippen MR) is 82.0 cm³/mol. The predicted octanol–water partition coefficient (Wildman–Crippen LogP) is 2.92. The smallest absolute Gasteiger partial charge is 0.245 e. The molecular weight excluding hydrogens is 272 g/mol. The number of sulfonamides is 1. The first-order valence-electron chi connectivity index (χ1n) is 7.34. The molecule has 4 nitrogen and oxygen atoms in total. The second kappa shape index (κ2) is 6.14. The van der Waals surface area contributed by atoms with Gasteiger partial charge in [0.1, 0.15) is 4.90 Å². The SMILES string of the molecule is CCCC1CCCCN1S(=O)(=O)c1ccc(C)cc1N. The summed E-state index contributed by atoms with van der Waals surface area (Å²) in [7, 11) is -3.47. The third kappa shape index (κ3) is 2.99. The number of nitrogens with zero attached hydrogens (tertiary/aromatic N) is 1. The van der Waals surface area contributed by atoms with Crippen LogP contribution >= 0.6 is 0 Å². The van der Waals surface area contributed by atoms with Gasteiger partial charge in [-0.15, -0.1) is 0 Å². The van der Waals surface area contributed by atoms with Gasteiger partial charge in [-0.2, -0.15) is 4.31 Å². The lowest BCUT2D eigenvalue weighted by Crippen LogP contribution is -2.43. The van der Waals surface area contributed by atoms with Crippen molar-refractivity contribution in [2.24, 2.45) is 0 Å². The normalized spacial score (nSPS) is 21.0. The van der Waals surface area contributed by atoms with Crippen LogP contribution in [0.4, 0.5) is 5.69 Å². The van der Waals surface area contributed by atoms with E-state index in [1.54, 1.807) is 16.4 Å². The van der Waals surface area contributed by atoms with Gasteiger partial charge in [0.05, 0.1) is 5.69 Å². The van der Waals surface area contributed by atoms with Gasteiger partial charge in [0, 0.05) is 12.6 Å². The fourth-order valence-electron chi connectivity index (χ4n) is 2.94. The highest BCUT2D eigenvalue weighted by molar-refractivity contribution is 7.89. The van der Waals surface area contributed by atoms with E-state index in [4.69, 9.17) is 5.73 Å². The molecule has 2 rings (SSSR count). The van der Waals surface area contributed by atoms with Crippen molar-refractivity contribution in [1.29, 1.82) is 0 Å². The second-order valence-corrected chi connectivity index (χ2v) is 7.45. The van der Waals surface area contributed by atoms with Crippen molar-refractivity contribution in [2.45, 2.75) is 56.9 Å². The molecule has 0 spiro atoms. The average Bonchev–Trinajstić information content (AvgIpc) is 2.39. The summed E-state index contributed by atoms with van der Waals surface area (Å²) in [4.78, 5) is 0.256. The highest BCUT2D eigenvalue weighted by Gasteiger charge is 2.33. The van der Waals surface area contributed by atoms with Crippen molar-refractivity contribution in [3.05, 3.63) is 23.8 Å². The minimum Gasteiger partial charge on any atom is -0.398 e. The van der Waals surface area contributed by atoms with E-state index in [0.29, 0.717) is 12.2 Å². The third-order valence-corrected chi connectivity index (χ3v) is 5.97. The monoisotopic (exact) mass is 296 g/mol. The zero-order chi connectivity index (χ0) is 14.8. The lowest BCUT2D eigenvalue weighted by molar-refractivity contribution is 0.239. The Bertz CT molecular complexity index is 567. The minimum atomic E-state index is -3.47. The van der Waals surface area contributed by atoms with Crippen molar-refractivity contribution >= 4 is 15.7 Å². The van der Waals surface area contributed by atoms with Gasteiger partial charge in [-0.05, 0) is 43.9 Å². The lowest BCUT2D eigenvalue weighted by Gasteiger charge is -2.34. The molecule has 0 bridgehead atoms. The molecule has 1 atom stereocenters. The van der Waals surface area contributed by atoms with E-state index in [1.807, 2.05) is 13.0 Å². The Balaban J connectivity index is 2.37. The van der Waals surface area contributed by atoms with Crippen LogP contribution in [0.5, 0.6) is 0 Å². The summed E-state index contributed by atoms with van der Waals surface area (Å²) in [5, 5.41) is 0. The number of aryl methyl sites for hydroxylation is 1. The van der Waals surface area contributed by atoms with Gasteiger partial charge in [0.25, 0.3) is 0 Å². The molecule has 0 radical (unpaired) electrons. The number of benzene rings is 1. The van der Waals surface area contributed by atoms with Gasteiger partial charge < -0.3 is 5.73 Å². The summed E-state index contributed by atoms with van der Waals surface area (Å²) in [6.45, 7) is 4.62. The Morgan fingerprint density at radius 1 is 1.35 bits per heavy atom. The molecule has 0 aromatic heterocycles. The maximum atomic E-state index is 12.9. The highest BCUT2D eigenvalue weighted by atomic mass is 32.2. The zero-order valence-corrected chi connectivity index (χ0v) is 13.1. The van der Waals surface area contributed by atoms with Crippen LogP contribution in [-0.2, 0) is 10.0 Å². The van der Waals surface area contributed by atoms with E-state index < -0.39 is 10.0 Å². The number of rotatable bonds is 4. The summed E-state index contributed by atoms with van der Waals surface area (Å²) in [5.41, 5.74) is 7.26. The average molecular weight is 296 g/mol.